The SMILES string of the molecule is CCCOCCOCC(=O)NCCCC[C@H](N)C(C)=O. The van der Waals surface area contributed by atoms with E-state index in [9.17, 15) is 9.59 Å². The van der Waals surface area contributed by atoms with Crippen LogP contribution in [-0.4, -0.2) is 50.7 Å². The molecule has 0 bridgehead atoms. The zero-order chi connectivity index (χ0) is 15.2. The van der Waals surface area contributed by atoms with Crippen LogP contribution in [0.25, 0.3) is 0 Å². The van der Waals surface area contributed by atoms with Crippen molar-refractivity contribution in [3.63, 3.8) is 0 Å². The van der Waals surface area contributed by atoms with Gasteiger partial charge < -0.3 is 20.5 Å². The number of carbonyl (C=O) groups is 2. The van der Waals surface area contributed by atoms with Gasteiger partial charge in [0.1, 0.15) is 12.4 Å². The molecule has 0 saturated heterocycles. The molecule has 0 heterocycles. The normalized spacial score (nSPS) is 12.2. The number of nitrogens with two attached hydrogens (primary N) is 1. The minimum absolute atomic E-state index is 0.00716. The van der Waals surface area contributed by atoms with Gasteiger partial charge in [0.05, 0.1) is 19.3 Å². The number of rotatable bonds is 13. The number of nitrogens with one attached hydrogen (secondary N) is 1. The summed E-state index contributed by atoms with van der Waals surface area (Å²) < 4.78 is 10.4. The van der Waals surface area contributed by atoms with Crippen LogP contribution in [0.2, 0.25) is 0 Å². The van der Waals surface area contributed by atoms with Crippen molar-refractivity contribution in [2.24, 2.45) is 5.73 Å². The van der Waals surface area contributed by atoms with E-state index in [0.717, 1.165) is 25.9 Å². The summed E-state index contributed by atoms with van der Waals surface area (Å²) in [5.41, 5.74) is 5.61. The van der Waals surface area contributed by atoms with Crippen LogP contribution in [0.15, 0.2) is 0 Å². The number of carbonyl (C=O) groups excluding carboxylic acids is 2. The third-order valence-electron chi connectivity index (χ3n) is 2.74. The van der Waals surface area contributed by atoms with Crippen LogP contribution in [0, 0.1) is 0 Å². The number of hydrogen-bond acceptors (Lipinski definition) is 5. The maximum Gasteiger partial charge on any atom is 0.245 e. The minimum atomic E-state index is -0.378. The Balaban J connectivity index is 3.30. The molecule has 3 N–H and O–H groups in total. The fraction of sp³-hybridized carbons (Fsp3) is 0.857. The first kappa shape index (κ1) is 19.0. The maximum absolute atomic E-state index is 11.4. The molecular formula is C14H28N2O4. The van der Waals surface area contributed by atoms with Crippen molar-refractivity contribution in [3.8, 4) is 0 Å². The molecule has 20 heavy (non-hydrogen) atoms. The highest BCUT2D eigenvalue weighted by atomic mass is 16.5. The highest BCUT2D eigenvalue weighted by molar-refractivity contribution is 5.81. The van der Waals surface area contributed by atoms with Crippen molar-refractivity contribution >= 4 is 11.7 Å². The molecule has 0 spiro atoms. The molecule has 0 aromatic rings. The quantitative estimate of drug-likeness (QED) is 0.485. The summed E-state index contributed by atoms with van der Waals surface area (Å²) in [5.74, 6) is -0.121. The third kappa shape index (κ3) is 12.1. The molecule has 6 nitrogen and oxygen atoms in total. The fourth-order valence-corrected chi connectivity index (χ4v) is 1.50. The molecule has 0 rings (SSSR count). The Hall–Kier alpha value is -0.980. The minimum Gasteiger partial charge on any atom is -0.379 e. The molecule has 0 aliphatic heterocycles. The maximum atomic E-state index is 11.4. The summed E-state index contributed by atoms with van der Waals surface area (Å²) in [6, 6.07) is -0.378. The Bertz CT molecular complexity index is 272. The summed E-state index contributed by atoms with van der Waals surface area (Å²) in [6.07, 6.45) is 3.28. The molecule has 0 aliphatic rings. The third-order valence-corrected chi connectivity index (χ3v) is 2.74. The lowest BCUT2D eigenvalue weighted by Crippen LogP contribution is -2.30. The summed E-state index contributed by atoms with van der Waals surface area (Å²) in [5, 5.41) is 2.76. The summed E-state index contributed by atoms with van der Waals surface area (Å²) in [7, 11) is 0. The Morgan fingerprint density at radius 3 is 2.50 bits per heavy atom. The number of unbranched alkanes of at least 4 members (excludes halogenated alkanes) is 1. The first-order valence-electron chi connectivity index (χ1n) is 7.26. The van der Waals surface area contributed by atoms with Gasteiger partial charge in [-0.25, -0.2) is 0 Å². The molecule has 0 fully saturated rings. The van der Waals surface area contributed by atoms with Crippen LogP contribution in [0.1, 0.15) is 39.5 Å². The number of amides is 1. The van der Waals surface area contributed by atoms with Crippen LogP contribution in [0.3, 0.4) is 0 Å². The molecule has 0 radical (unpaired) electrons. The second kappa shape index (κ2) is 13.0. The molecule has 0 aliphatic carbocycles. The van der Waals surface area contributed by atoms with E-state index in [1.165, 1.54) is 6.92 Å². The van der Waals surface area contributed by atoms with Crippen LogP contribution in [-0.2, 0) is 19.1 Å². The molecule has 0 aromatic carbocycles. The molecular weight excluding hydrogens is 260 g/mol. The van der Waals surface area contributed by atoms with E-state index in [-0.39, 0.29) is 24.3 Å². The van der Waals surface area contributed by atoms with Crippen molar-refractivity contribution in [2.75, 3.05) is 33.0 Å². The average molecular weight is 288 g/mol. The molecule has 0 saturated carbocycles. The lowest BCUT2D eigenvalue weighted by atomic mass is 10.1. The van der Waals surface area contributed by atoms with Crippen molar-refractivity contribution < 1.29 is 19.1 Å². The summed E-state index contributed by atoms with van der Waals surface area (Å²) in [6.45, 7) is 5.84. The predicted octanol–water partition coefficient (Wildman–Crippen LogP) is 0.632. The average Bonchev–Trinajstić information content (AvgIpc) is 2.41. The zero-order valence-electron chi connectivity index (χ0n) is 12.7. The molecule has 118 valence electrons. The van der Waals surface area contributed by atoms with Gasteiger partial charge in [0.2, 0.25) is 5.91 Å². The van der Waals surface area contributed by atoms with E-state index in [1.807, 2.05) is 6.92 Å². The van der Waals surface area contributed by atoms with E-state index in [2.05, 4.69) is 5.32 Å². The largest absolute Gasteiger partial charge is 0.379 e. The highest BCUT2D eigenvalue weighted by Gasteiger charge is 2.07. The first-order valence-corrected chi connectivity index (χ1v) is 7.26. The van der Waals surface area contributed by atoms with E-state index < -0.39 is 0 Å². The van der Waals surface area contributed by atoms with Crippen molar-refractivity contribution in [3.05, 3.63) is 0 Å². The molecule has 6 heteroatoms. The van der Waals surface area contributed by atoms with Gasteiger partial charge in [0.25, 0.3) is 0 Å². The van der Waals surface area contributed by atoms with Gasteiger partial charge in [0.15, 0.2) is 0 Å². The lowest BCUT2D eigenvalue weighted by Gasteiger charge is -2.08. The van der Waals surface area contributed by atoms with Crippen molar-refractivity contribution in [2.45, 2.75) is 45.6 Å². The zero-order valence-corrected chi connectivity index (χ0v) is 12.7. The number of ketones is 1. The van der Waals surface area contributed by atoms with Crippen molar-refractivity contribution in [1.82, 2.24) is 5.32 Å². The Morgan fingerprint density at radius 1 is 1.15 bits per heavy atom. The number of Topliss-reactive ketones (excluding diaryl/α,β-unsaturated/α-hetero) is 1. The highest BCUT2D eigenvalue weighted by Crippen LogP contribution is 1.98. The van der Waals surface area contributed by atoms with E-state index >= 15 is 0 Å². The van der Waals surface area contributed by atoms with Crippen LogP contribution in [0.5, 0.6) is 0 Å². The van der Waals surface area contributed by atoms with Crippen LogP contribution in [0.4, 0.5) is 0 Å². The molecule has 0 unspecified atom stereocenters. The number of hydrogen-bond donors (Lipinski definition) is 2. The predicted molar refractivity (Wildman–Crippen MR) is 77.4 cm³/mol. The summed E-state index contributed by atoms with van der Waals surface area (Å²) in [4.78, 5) is 22.3. The Kier molecular flexibility index (Phi) is 12.4. The second-order valence-corrected chi connectivity index (χ2v) is 4.73. The lowest BCUT2D eigenvalue weighted by molar-refractivity contribution is -0.126. The van der Waals surface area contributed by atoms with Gasteiger partial charge >= 0.3 is 0 Å². The standard InChI is InChI=1S/C14H28N2O4/c1-3-8-19-9-10-20-11-14(18)16-7-5-4-6-13(15)12(2)17/h13H,3-11,15H2,1-2H3,(H,16,18)/t13-/m0/s1. The monoisotopic (exact) mass is 288 g/mol. The molecule has 0 aromatic heterocycles. The van der Waals surface area contributed by atoms with Gasteiger partial charge in [0, 0.05) is 13.2 Å². The van der Waals surface area contributed by atoms with Gasteiger partial charge in [-0.15, -0.1) is 0 Å². The second-order valence-electron chi connectivity index (χ2n) is 4.73. The van der Waals surface area contributed by atoms with E-state index in [4.69, 9.17) is 15.2 Å². The Morgan fingerprint density at radius 2 is 1.85 bits per heavy atom. The number of ether oxygens (including phenoxy) is 2. The van der Waals surface area contributed by atoms with Gasteiger partial charge in [-0.1, -0.05) is 6.92 Å². The smallest absolute Gasteiger partial charge is 0.245 e. The molecule has 1 atom stereocenters. The van der Waals surface area contributed by atoms with Crippen molar-refractivity contribution in [1.29, 1.82) is 0 Å². The van der Waals surface area contributed by atoms with Gasteiger partial charge in [-0.2, -0.15) is 0 Å². The summed E-state index contributed by atoms with van der Waals surface area (Å²) >= 11 is 0. The van der Waals surface area contributed by atoms with E-state index in [1.54, 1.807) is 0 Å². The van der Waals surface area contributed by atoms with Crippen LogP contribution >= 0.6 is 0 Å². The van der Waals surface area contributed by atoms with Gasteiger partial charge in [-0.05, 0) is 32.6 Å². The Labute approximate surface area is 121 Å². The van der Waals surface area contributed by atoms with E-state index in [0.29, 0.717) is 26.2 Å². The van der Waals surface area contributed by atoms with Gasteiger partial charge in [-0.3, -0.25) is 9.59 Å². The first-order chi connectivity index (χ1) is 9.57. The van der Waals surface area contributed by atoms with Crippen LogP contribution < -0.4 is 11.1 Å². The fourth-order valence-electron chi connectivity index (χ4n) is 1.50. The molecule has 1 amide bonds. The topological polar surface area (TPSA) is 90.7 Å².